The molecule has 4 rings (SSSR count). The minimum Gasteiger partial charge on any atom is -0.369 e. The van der Waals surface area contributed by atoms with Crippen LogP contribution in [-0.2, 0) is 13.1 Å². The summed E-state index contributed by atoms with van der Waals surface area (Å²) in [5.74, 6) is 0.887. The van der Waals surface area contributed by atoms with Crippen molar-refractivity contribution in [1.29, 1.82) is 0 Å². The molecule has 1 aliphatic rings. The number of rotatable bonds is 7. The molecular formula is C25H32N6. The Morgan fingerprint density at radius 1 is 1.16 bits per heavy atom. The third-order valence-corrected chi connectivity index (χ3v) is 5.61. The van der Waals surface area contributed by atoms with E-state index in [1.807, 2.05) is 18.7 Å². The van der Waals surface area contributed by atoms with E-state index in [1.54, 1.807) is 0 Å². The molecule has 1 fully saturated rings. The van der Waals surface area contributed by atoms with Gasteiger partial charge in [-0.2, -0.15) is 0 Å². The lowest BCUT2D eigenvalue weighted by Gasteiger charge is -2.20. The third kappa shape index (κ3) is 5.87. The average Bonchev–Trinajstić information content (AvgIpc) is 3.45. The van der Waals surface area contributed by atoms with Crippen LogP contribution in [-0.4, -0.2) is 41.2 Å². The molecule has 2 aromatic carbocycles. The standard InChI is InChI=1S/C25H32N6/c1-3-27-25(29-23-11-13-31(18-23)24-9-7-20(2)8-10-24)28-16-21-5-4-6-22(15-21)17-30-14-12-26-19-30/h4-10,12,14-15,19,23H,3,11,13,16-18H2,1-2H3,(H2,27,28,29). The maximum absolute atomic E-state index is 4.85. The molecule has 0 amide bonds. The Labute approximate surface area is 185 Å². The number of aromatic nitrogens is 2. The van der Waals surface area contributed by atoms with E-state index in [0.717, 1.165) is 38.6 Å². The van der Waals surface area contributed by atoms with E-state index in [4.69, 9.17) is 4.99 Å². The summed E-state index contributed by atoms with van der Waals surface area (Å²) in [5.41, 5.74) is 5.07. The van der Waals surface area contributed by atoms with Crippen LogP contribution < -0.4 is 15.5 Å². The first-order valence-electron chi connectivity index (χ1n) is 11.1. The van der Waals surface area contributed by atoms with Gasteiger partial charge in [0.25, 0.3) is 0 Å². The molecular weight excluding hydrogens is 384 g/mol. The van der Waals surface area contributed by atoms with Gasteiger partial charge in [-0.1, -0.05) is 42.0 Å². The van der Waals surface area contributed by atoms with E-state index in [2.05, 4.69) is 87.5 Å². The average molecular weight is 417 g/mol. The van der Waals surface area contributed by atoms with Crippen LogP contribution >= 0.6 is 0 Å². The number of nitrogens with one attached hydrogen (secondary N) is 2. The minimum absolute atomic E-state index is 0.395. The van der Waals surface area contributed by atoms with Crippen molar-refractivity contribution in [1.82, 2.24) is 20.2 Å². The summed E-state index contributed by atoms with van der Waals surface area (Å²) in [5, 5.41) is 7.03. The van der Waals surface area contributed by atoms with Crippen molar-refractivity contribution in [3.05, 3.63) is 83.9 Å². The first-order valence-corrected chi connectivity index (χ1v) is 11.1. The number of imidazole rings is 1. The highest BCUT2D eigenvalue weighted by Gasteiger charge is 2.23. The number of benzene rings is 2. The lowest BCUT2D eigenvalue weighted by atomic mass is 10.1. The van der Waals surface area contributed by atoms with Gasteiger partial charge in [-0.15, -0.1) is 0 Å². The number of guanidine groups is 1. The molecule has 0 bridgehead atoms. The minimum atomic E-state index is 0.395. The van der Waals surface area contributed by atoms with Crippen LogP contribution in [0.3, 0.4) is 0 Å². The normalized spacial score (nSPS) is 16.5. The zero-order valence-corrected chi connectivity index (χ0v) is 18.5. The Bertz CT molecular complexity index is 978. The van der Waals surface area contributed by atoms with Crippen LogP contribution in [0.4, 0.5) is 5.69 Å². The molecule has 0 spiro atoms. The van der Waals surface area contributed by atoms with Gasteiger partial charge in [0.2, 0.25) is 0 Å². The van der Waals surface area contributed by atoms with Gasteiger partial charge in [-0.3, -0.25) is 0 Å². The van der Waals surface area contributed by atoms with E-state index in [-0.39, 0.29) is 0 Å². The first kappa shape index (κ1) is 21.0. The van der Waals surface area contributed by atoms with Crippen molar-refractivity contribution >= 4 is 11.6 Å². The lowest BCUT2D eigenvalue weighted by molar-refractivity contribution is 0.649. The molecule has 1 aromatic heterocycles. The largest absolute Gasteiger partial charge is 0.369 e. The molecule has 2 N–H and O–H groups in total. The van der Waals surface area contributed by atoms with Gasteiger partial charge in [0.1, 0.15) is 0 Å². The molecule has 1 unspecified atom stereocenters. The summed E-state index contributed by atoms with van der Waals surface area (Å²) in [6.07, 6.45) is 6.75. The summed E-state index contributed by atoms with van der Waals surface area (Å²) in [6, 6.07) is 17.8. The van der Waals surface area contributed by atoms with E-state index >= 15 is 0 Å². The van der Waals surface area contributed by atoms with Crippen LogP contribution in [0.1, 0.15) is 30.0 Å². The van der Waals surface area contributed by atoms with Gasteiger partial charge in [0.05, 0.1) is 12.9 Å². The van der Waals surface area contributed by atoms with Crippen LogP contribution in [0.5, 0.6) is 0 Å². The monoisotopic (exact) mass is 416 g/mol. The van der Waals surface area contributed by atoms with Crippen LogP contribution in [0.2, 0.25) is 0 Å². The second-order valence-electron chi connectivity index (χ2n) is 8.16. The predicted octanol–water partition coefficient (Wildman–Crippen LogP) is 3.57. The van der Waals surface area contributed by atoms with Crippen molar-refractivity contribution in [2.24, 2.45) is 4.99 Å². The summed E-state index contributed by atoms with van der Waals surface area (Å²) >= 11 is 0. The zero-order valence-electron chi connectivity index (χ0n) is 18.5. The number of nitrogens with zero attached hydrogens (tertiary/aromatic N) is 4. The number of hydrogen-bond donors (Lipinski definition) is 2. The van der Waals surface area contributed by atoms with Crippen molar-refractivity contribution in [3.63, 3.8) is 0 Å². The molecule has 31 heavy (non-hydrogen) atoms. The van der Waals surface area contributed by atoms with E-state index < -0.39 is 0 Å². The molecule has 1 saturated heterocycles. The number of aryl methyl sites for hydroxylation is 1. The summed E-state index contributed by atoms with van der Waals surface area (Å²) in [4.78, 5) is 11.4. The van der Waals surface area contributed by atoms with Crippen molar-refractivity contribution in [2.45, 2.75) is 39.4 Å². The molecule has 6 nitrogen and oxygen atoms in total. The fraction of sp³-hybridized carbons (Fsp3) is 0.360. The summed E-state index contributed by atoms with van der Waals surface area (Å²) < 4.78 is 2.08. The Morgan fingerprint density at radius 3 is 2.77 bits per heavy atom. The van der Waals surface area contributed by atoms with Crippen LogP contribution in [0.15, 0.2) is 72.2 Å². The number of aliphatic imine (C=N–C) groups is 1. The predicted molar refractivity (Wildman–Crippen MR) is 128 cm³/mol. The van der Waals surface area contributed by atoms with Gasteiger partial charge in [-0.25, -0.2) is 9.98 Å². The second kappa shape index (κ2) is 10.2. The number of hydrogen-bond acceptors (Lipinski definition) is 3. The molecule has 6 heteroatoms. The Balaban J connectivity index is 1.36. The van der Waals surface area contributed by atoms with E-state index in [0.29, 0.717) is 12.6 Å². The molecule has 0 radical (unpaired) electrons. The Kier molecular flexibility index (Phi) is 6.87. The van der Waals surface area contributed by atoms with Gasteiger partial charge in [0, 0.05) is 50.3 Å². The second-order valence-corrected chi connectivity index (χ2v) is 8.16. The van der Waals surface area contributed by atoms with Crippen LogP contribution in [0.25, 0.3) is 0 Å². The molecule has 3 aromatic rings. The highest BCUT2D eigenvalue weighted by atomic mass is 15.2. The molecule has 162 valence electrons. The zero-order chi connectivity index (χ0) is 21.5. The SMILES string of the molecule is CCNC(=NCc1cccc(Cn2ccnc2)c1)NC1CCN(c2ccc(C)cc2)C1. The molecule has 0 aliphatic carbocycles. The fourth-order valence-corrected chi connectivity index (χ4v) is 3.97. The van der Waals surface area contributed by atoms with Crippen molar-refractivity contribution in [3.8, 4) is 0 Å². The van der Waals surface area contributed by atoms with Gasteiger partial charge >= 0.3 is 0 Å². The number of anilines is 1. The Morgan fingerprint density at radius 2 is 2.00 bits per heavy atom. The molecule has 2 heterocycles. The van der Waals surface area contributed by atoms with Gasteiger partial charge in [-0.05, 0) is 43.5 Å². The lowest BCUT2D eigenvalue weighted by Crippen LogP contribution is -2.44. The smallest absolute Gasteiger partial charge is 0.191 e. The fourth-order valence-electron chi connectivity index (χ4n) is 3.97. The quantitative estimate of drug-likeness (QED) is 0.457. The van der Waals surface area contributed by atoms with E-state index in [9.17, 15) is 0 Å². The van der Waals surface area contributed by atoms with Crippen molar-refractivity contribution in [2.75, 3.05) is 24.5 Å². The summed E-state index contributed by atoms with van der Waals surface area (Å²) in [6.45, 7) is 8.63. The van der Waals surface area contributed by atoms with E-state index in [1.165, 1.54) is 22.4 Å². The molecule has 0 saturated carbocycles. The maximum atomic E-state index is 4.85. The van der Waals surface area contributed by atoms with Gasteiger partial charge in [0.15, 0.2) is 5.96 Å². The molecule has 1 aliphatic heterocycles. The highest BCUT2D eigenvalue weighted by Crippen LogP contribution is 2.20. The topological polar surface area (TPSA) is 57.5 Å². The Hall–Kier alpha value is -3.28. The maximum Gasteiger partial charge on any atom is 0.191 e. The van der Waals surface area contributed by atoms with Crippen molar-refractivity contribution < 1.29 is 0 Å². The summed E-state index contributed by atoms with van der Waals surface area (Å²) in [7, 11) is 0. The molecule has 1 atom stereocenters. The third-order valence-electron chi connectivity index (χ3n) is 5.61. The van der Waals surface area contributed by atoms with Crippen LogP contribution in [0, 0.1) is 6.92 Å². The van der Waals surface area contributed by atoms with Gasteiger partial charge < -0.3 is 20.1 Å². The first-order chi connectivity index (χ1) is 15.2. The highest BCUT2D eigenvalue weighted by molar-refractivity contribution is 5.80.